The molecule has 1 rings (SSSR count). The molecule has 1 aromatic rings. The fraction of sp³-hybridized carbons (Fsp3) is 0.273. The first kappa shape index (κ1) is 13.1. The second-order valence-corrected chi connectivity index (χ2v) is 3.60. The van der Waals surface area contributed by atoms with E-state index < -0.39 is 24.5 Å². The van der Waals surface area contributed by atoms with Crippen molar-refractivity contribution in [1.29, 1.82) is 0 Å². The predicted molar refractivity (Wildman–Crippen MR) is 60.3 cm³/mol. The third-order valence-corrected chi connectivity index (χ3v) is 2.36. The van der Waals surface area contributed by atoms with Crippen LogP contribution in [-0.2, 0) is 6.42 Å². The summed E-state index contributed by atoms with van der Waals surface area (Å²) in [6.07, 6.45) is -1.14. The maximum atomic E-state index is 11.2. The van der Waals surface area contributed by atoms with Crippen LogP contribution in [0.1, 0.15) is 26.3 Å². The van der Waals surface area contributed by atoms with Crippen molar-refractivity contribution in [2.75, 3.05) is 6.61 Å². The standard InChI is InChI=1S/C11H14N2O4/c12-10(16)7-2-1-3-8(11(13)17)9(7)4-6(15)5-14/h1-3,6,14-15H,4-5H2,(H2,12,16)(H2,13,17). The molecule has 0 saturated carbocycles. The van der Waals surface area contributed by atoms with Gasteiger partial charge in [-0.1, -0.05) is 6.07 Å². The van der Waals surface area contributed by atoms with E-state index in [4.69, 9.17) is 16.6 Å². The van der Waals surface area contributed by atoms with Gasteiger partial charge in [-0.2, -0.15) is 0 Å². The average Bonchev–Trinajstić information content (AvgIpc) is 2.28. The molecular weight excluding hydrogens is 224 g/mol. The molecule has 0 fully saturated rings. The largest absolute Gasteiger partial charge is 0.394 e. The average molecular weight is 238 g/mol. The molecule has 92 valence electrons. The number of hydrogen-bond acceptors (Lipinski definition) is 4. The summed E-state index contributed by atoms with van der Waals surface area (Å²) < 4.78 is 0. The minimum Gasteiger partial charge on any atom is -0.394 e. The normalized spacial score (nSPS) is 12.1. The zero-order valence-electron chi connectivity index (χ0n) is 9.09. The van der Waals surface area contributed by atoms with Crippen LogP contribution in [0.5, 0.6) is 0 Å². The van der Waals surface area contributed by atoms with Crippen molar-refractivity contribution in [2.24, 2.45) is 11.5 Å². The summed E-state index contributed by atoms with van der Waals surface area (Å²) in [6.45, 7) is -0.481. The molecule has 0 aromatic heterocycles. The first-order valence-electron chi connectivity index (χ1n) is 4.97. The van der Waals surface area contributed by atoms with Crippen molar-refractivity contribution in [2.45, 2.75) is 12.5 Å². The van der Waals surface area contributed by atoms with Crippen LogP contribution in [0, 0.1) is 0 Å². The van der Waals surface area contributed by atoms with Gasteiger partial charge in [0.05, 0.1) is 12.7 Å². The van der Waals surface area contributed by atoms with E-state index in [9.17, 15) is 14.7 Å². The minimum absolute atomic E-state index is 0.0616. The summed E-state index contributed by atoms with van der Waals surface area (Å²) >= 11 is 0. The van der Waals surface area contributed by atoms with Gasteiger partial charge in [-0.05, 0) is 17.7 Å². The van der Waals surface area contributed by atoms with Crippen molar-refractivity contribution in [3.8, 4) is 0 Å². The second kappa shape index (κ2) is 5.42. The van der Waals surface area contributed by atoms with Crippen LogP contribution < -0.4 is 11.5 Å². The van der Waals surface area contributed by atoms with Crippen molar-refractivity contribution in [3.63, 3.8) is 0 Å². The van der Waals surface area contributed by atoms with E-state index in [2.05, 4.69) is 0 Å². The summed E-state index contributed by atoms with van der Waals surface area (Å²) in [7, 11) is 0. The topological polar surface area (TPSA) is 127 Å². The number of aliphatic hydroxyl groups is 2. The number of carbonyl (C=O) groups excluding carboxylic acids is 2. The zero-order valence-corrected chi connectivity index (χ0v) is 9.09. The van der Waals surface area contributed by atoms with Gasteiger partial charge in [-0.15, -0.1) is 0 Å². The van der Waals surface area contributed by atoms with Crippen molar-refractivity contribution >= 4 is 11.8 Å². The highest BCUT2D eigenvalue weighted by Gasteiger charge is 2.18. The lowest BCUT2D eigenvalue weighted by Gasteiger charge is -2.13. The lowest BCUT2D eigenvalue weighted by Crippen LogP contribution is -2.24. The van der Waals surface area contributed by atoms with Gasteiger partial charge in [0.1, 0.15) is 0 Å². The Bertz CT molecular complexity index is 413. The first-order chi connectivity index (χ1) is 7.97. The number of aliphatic hydroxyl groups excluding tert-OH is 2. The summed E-state index contributed by atoms with van der Waals surface area (Å²) in [4.78, 5) is 22.4. The Labute approximate surface area is 97.8 Å². The Balaban J connectivity index is 3.28. The van der Waals surface area contributed by atoms with Gasteiger partial charge < -0.3 is 21.7 Å². The molecule has 0 radical (unpaired) electrons. The summed E-state index contributed by atoms with van der Waals surface area (Å²) in [5.41, 5.74) is 10.8. The number of carbonyl (C=O) groups is 2. The van der Waals surface area contributed by atoms with E-state index in [1.54, 1.807) is 0 Å². The zero-order chi connectivity index (χ0) is 13.0. The van der Waals surface area contributed by atoms with Crippen LogP contribution in [-0.4, -0.2) is 34.7 Å². The SMILES string of the molecule is NC(=O)c1cccc(C(N)=O)c1CC(O)CO. The Morgan fingerprint density at radius 2 is 1.65 bits per heavy atom. The minimum atomic E-state index is -1.08. The number of primary amides is 2. The van der Waals surface area contributed by atoms with E-state index in [-0.39, 0.29) is 23.1 Å². The molecule has 6 heteroatoms. The third kappa shape index (κ3) is 3.02. The van der Waals surface area contributed by atoms with Gasteiger partial charge in [0.15, 0.2) is 0 Å². The molecule has 0 heterocycles. The summed E-state index contributed by atoms with van der Waals surface area (Å²) in [5, 5.41) is 18.1. The molecule has 0 aliphatic heterocycles. The fourth-order valence-corrected chi connectivity index (χ4v) is 1.57. The molecular formula is C11H14N2O4. The molecule has 1 atom stereocenters. The quantitative estimate of drug-likeness (QED) is 0.512. The Morgan fingerprint density at radius 1 is 1.18 bits per heavy atom. The Hall–Kier alpha value is -1.92. The number of rotatable bonds is 5. The molecule has 6 nitrogen and oxygen atoms in total. The van der Waals surface area contributed by atoms with E-state index in [1.165, 1.54) is 18.2 Å². The monoisotopic (exact) mass is 238 g/mol. The molecule has 1 unspecified atom stereocenters. The number of hydrogen-bond donors (Lipinski definition) is 4. The smallest absolute Gasteiger partial charge is 0.249 e. The van der Waals surface area contributed by atoms with Crippen LogP contribution >= 0.6 is 0 Å². The lowest BCUT2D eigenvalue weighted by molar-refractivity contribution is 0.0929. The second-order valence-electron chi connectivity index (χ2n) is 3.60. The van der Waals surface area contributed by atoms with E-state index in [0.29, 0.717) is 0 Å². The van der Waals surface area contributed by atoms with Crippen LogP contribution in [0.25, 0.3) is 0 Å². The first-order valence-corrected chi connectivity index (χ1v) is 4.97. The third-order valence-electron chi connectivity index (χ3n) is 2.36. The number of benzene rings is 1. The Morgan fingerprint density at radius 3 is 2.00 bits per heavy atom. The predicted octanol–water partition coefficient (Wildman–Crippen LogP) is -1.22. The van der Waals surface area contributed by atoms with Gasteiger partial charge in [-0.3, -0.25) is 9.59 Å². The van der Waals surface area contributed by atoms with Crippen LogP contribution in [0.2, 0.25) is 0 Å². The summed E-state index contributed by atoms with van der Waals surface area (Å²) in [6, 6.07) is 4.36. The molecule has 0 aliphatic rings. The molecule has 0 bridgehead atoms. The maximum Gasteiger partial charge on any atom is 0.249 e. The van der Waals surface area contributed by atoms with E-state index in [1.807, 2.05) is 0 Å². The molecule has 0 saturated heterocycles. The van der Waals surface area contributed by atoms with Crippen LogP contribution in [0.3, 0.4) is 0 Å². The molecule has 1 aromatic carbocycles. The van der Waals surface area contributed by atoms with Crippen LogP contribution in [0.15, 0.2) is 18.2 Å². The highest BCUT2D eigenvalue weighted by molar-refractivity contribution is 6.01. The highest BCUT2D eigenvalue weighted by atomic mass is 16.3. The fourth-order valence-electron chi connectivity index (χ4n) is 1.57. The highest BCUT2D eigenvalue weighted by Crippen LogP contribution is 2.16. The van der Waals surface area contributed by atoms with Gasteiger partial charge in [0.25, 0.3) is 0 Å². The molecule has 17 heavy (non-hydrogen) atoms. The van der Waals surface area contributed by atoms with Crippen molar-refractivity contribution in [1.82, 2.24) is 0 Å². The number of amides is 2. The van der Waals surface area contributed by atoms with E-state index >= 15 is 0 Å². The Kier molecular flexibility index (Phi) is 4.19. The van der Waals surface area contributed by atoms with Gasteiger partial charge in [0, 0.05) is 17.5 Å². The van der Waals surface area contributed by atoms with Gasteiger partial charge in [0.2, 0.25) is 11.8 Å². The summed E-state index contributed by atoms with van der Waals surface area (Å²) in [5.74, 6) is -1.43. The molecule has 0 aliphatic carbocycles. The van der Waals surface area contributed by atoms with Gasteiger partial charge >= 0.3 is 0 Å². The molecule has 0 spiro atoms. The molecule has 6 N–H and O–H groups in total. The number of nitrogens with two attached hydrogens (primary N) is 2. The van der Waals surface area contributed by atoms with Crippen molar-refractivity contribution in [3.05, 3.63) is 34.9 Å². The van der Waals surface area contributed by atoms with Gasteiger partial charge in [-0.25, -0.2) is 0 Å². The lowest BCUT2D eigenvalue weighted by atomic mass is 9.95. The maximum absolute atomic E-state index is 11.2. The van der Waals surface area contributed by atoms with E-state index in [0.717, 1.165) is 0 Å². The van der Waals surface area contributed by atoms with Crippen LogP contribution in [0.4, 0.5) is 0 Å². The van der Waals surface area contributed by atoms with Crippen molar-refractivity contribution < 1.29 is 19.8 Å². The molecule has 2 amide bonds.